The highest BCUT2D eigenvalue weighted by Crippen LogP contribution is 2.60. The van der Waals surface area contributed by atoms with Gasteiger partial charge in [-0.2, -0.15) is 0 Å². The lowest BCUT2D eigenvalue weighted by Crippen LogP contribution is -2.56. The van der Waals surface area contributed by atoms with Crippen molar-refractivity contribution in [1.82, 2.24) is 4.90 Å². The predicted octanol–water partition coefficient (Wildman–Crippen LogP) is 2.55. The number of benzene rings is 1. The number of carbonyl (C=O) groups excluding carboxylic acids is 3. The second kappa shape index (κ2) is 10.7. The maximum absolute atomic E-state index is 13.9. The number of hydrogen-bond acceptors (Lipinski definition) is 7. The standard InChI is InChI=1S/C26H36BrN3O6/c1-5-16(14-31)30-22(23(32)28-15-9-11-17(12-10-15)29(6-2)7-3)26-13-18(27)21(36-26)19(20(26)24(30)33)25(34)35-8-4/h9-12,16,18-22,31H,5-8,13-14H2,1-4H3,(H,28,32)/t16-,18?,19+,20-,21+,22?,26?/m0/s1. The molecule has 3 aliphatic heterocycles. The molecule has 3 unspecified atom stereocenters. The van der Waals surface area contributed by atoms with Gasteiger partial charge in [0.1, 0.15) is 11.6 Å². The van der Waals surface area contributed by atoms with Crippen molar-refractivity contribution in [2.24, 2.45) is 11.8 Å². The van der Waals surface area contributed by atoms with Crippen LogP contribution in [0.25, 0.3) is 0 Å². The number of nitrogens with zero attached hydrogens (tertiary/aromatic N) is 2. The number of amides is 2. The molecule has 0 aliphatic carbocycles. The van der Waals surface area contributed by atoms with Crippen molar-refractivity contribution in [3.05, 3.63) is 24.3 Å². The van der Waals surface area contributed by atoms with Crippen LogP contribution in [0.5, 0.6) is 0 Å². The van der Waals surface area contributed by atoms with E-state index in [2.05, 4.69) is 40.0 Å². The summed E-state index contributed by atoms with van der Waals surface area (Å²) in [7, 11) is 0. The van der Waals surface area contributed by atoms with E-state index in [1.807, 2.05) is 31.2 Å². The van der Waals surface area contributed by atoms with Gasteiger partial charge in [0.15, 0.2) is 0 Å². The maximum Gasteiger partial charge on any atom is 0.312 e. The Balaban J connectivity index is 1.68. The van der Waals surface area contributed by atoms with Gasteiger partial charge in [-0.3, -0.25) is 14.4 Å². The summed E-state index contributed by atoms with van der Waals surface area (Å²) in [6, 6.07) is 6.02. The second-order valence-corrected chi connectivity index (χ2v) is 10.8. The lowest BCUT2D eigenvalue weighted by atomic mass is 9.70. The van der Waals surface area contributed by atoms with E-state index in [0.29, 0.717) is 18.5 Å². The summed E-state index contributed by atoms with van der Waals surface area (Å²) < 4.78 is 11.7. The zero-order chi connectivity index (χ0) is 26.2. The summed E-state index contributed by atoms with van der Waals surface area (Å²) in [5.41, 5.74) is 0.476. The topological polar surface area (TPSA) is 108 Å². The van der Waals surface area contributed by atoms with Crippen molar-refractivity contribution in [1.29, 1.82) is 0 Å². The van der Waals surface area contributed by atoms with E-state index in [9.17, 15) is 19.5 Å². The summed E-state index contributed by atoms with van der Waals surface area (Å²) in [5.74, 6) is -2.86. The van der Waals surface area contributed by atoms with Crippen LogP contribution in [0.15, 0.2) is 24.3 Å². The zero-order valence-electron chi connectivity index (χ0n) is 21.3. The Bertz CT molecular complexity index is 982. The smallest absolute Gasteiger partial charge is 0.312 e. The Labute approximate surface area is 220 Å². The van der Waals surface area contributed by atoms with Crippen LogP contribution in [0.4, 0.5) is 11.4 Å². The Hall–Kier alpha value is -2.17. The van der Waals surface area contributed by atoms with Gasteiger partial charge in [-0.1, -0.05) is 22.9 Å². The number of aliphatic hydroxyl groups excluding tert-OH is 1. The molecule has 9 nitrogen and oxygen atoms in total. The molecule has 0 aromatic heterocycles. The van der Waals surface area contributed by atoms with Crippen LogP contribution in [-0.2, 0) is 23.9 Å². The first-order valence-electron chi connectivity index (χ1n) is 12.8. The van der Waals surface area contributed by atoms with Crippen molar-refractivity contribution in [2.45, 2.75) is 69.2 Å². The molecular weight excluding hydrogens is 530 g/mol. The third-order valence-corrected chi connectivity index (χ3v) is 8.72. The molecule has 7 atom stereocenters. The summed E-state index contributed by atoms with van der Waals surface area (Å²) in [6.07, 6.45) is 0.304. The van der Waals surface area contributed by atoms with Crippen molar-refractivity contribution in [3.63, 3.8) is 0 Å². The minimum Gasteiger partial charge on any atom is -0.466 e. The van der Waals surface area contributed by atoms with Crippen LogP contribution in [0.2, 0.25) is 0 Å². The van der Waals surface area contributed by atoms with E-state index in [1.54, 1.807) is 6.92 Å². The molecule has 3 saturated heterocycles. The van der Waals surface area contributed by atoms with E-state index in [-0.39, 0.29) is 23.9 Å². The highest BCUT2D eigenvalue weighted by molar-refractivity contribution is 9.09. The van der Waals surface area contributed by atoms with Crippen molar-refractivity contribution < 1.29 is 29.0 Å². The predicted molar refractivity (Wildman–Crippen MR) is 139 cm³/mol. The van der Waals surface area contributed by atoms with E-state index in [0.717, 1.165) is 18.8 Å². The number of nitrogens with one attached hydrogen (secondary N) is 1. The number of alkyl halides is 1. The lowest BCUT2D eigenvalue weighted by molar-refractivity contribution is -0.155. The van der Waals surface area contributed by atoms with Gasteiger partial charge in [-0.25, -0.2) is 0 Å². The fraction of sp³-hybridized carbons (Fsp3) is 0.654. The van der Waals surface area contributed by atoms with Crippen LogP contribution in [-0.4, -0.2) is 82.7 Å². The second-order valence-electron chi connectivity index (χ2n) is 9.61. The maximum atomic E-state index is 13.9. The Kier molecular flexibility index (Phi) is 7.97. The fourth-order valence-electron chi connectivity index (χ4n) is 6.24. The molecule has 10 heteroatoms. The SMILES string of the molecule is CCOC(=O)[C@H]1[C@@H]2OC3(CC2Br)C(C(=O)Nc2ccc(N(CC)CC)cc2)N([C@@H](CC)CO)C(=O)[C@H]13. The molecule has 3 heterocycles. The minimum atomic E-state index is -1.18. The zero-order valence-corrected chi connectivity index (χ0v) is 22.9. The number of esters is 1. The van der Waals surface area contributed by atoms with E-state index < -0.39 is 47.5 Å². The van der Waals surface area contributed by atoms with E-state index in [1.165, 1.54) is 4.90 Å². The number of hydrogen-bond donors (Lipinski definition) is 2. The molecule has 0 saturated carbocycles. The largest absolute Gasteiger partial charge is 0.466 e. The summed E-state index contributed by atoms with van der Waals surface area (Å²) in [5, 5.41) is 13.1. The van der Waals surface area contributed by atoms with Gasteiger partial charge in [0.2, 0.25) is 11.8 Å². The molecule has 3 fully saturated rings. The summed E-state index contributed by atoms with van der Waals surface area (Å²) in [6.45, 7) is 9.39. The van der Waals surface area contributed by atoms with Crippen LogP contribution in [0, 0.1) is 11.8 Å². The molecule has 4 rings (SSSR count). The third-order valence-electron chi connectivity index (χ3n) is 7.87. The number of likely N-dealkylation sites (tertiary alicyclic amines) is 1. The molecule has 3 aliphatic rings. The monoisotopic (exact) mass is 565 g/mol. The fourth-order valence-corrected chi connectivity index (χ4v) is 7.18. The van der Waals surface area contributed by atoms with Crippen molar-refractivity contribution in [2.75, 3.05) is 36.5 Å². The number of rotatable bonds is 10. The first-order chi connectivity index (χ1) is 17.3. The molecule has 0 radical (unpaired) electrons. The van der Waals surface area contributed by atoms with Gasteiger partial charge in [0, 0.05) is 29.3 Å². The molecule has 36 heavy (non-hydrogen) atoms. The van der Waals surface area contributed by atoms with Gasteiger partial charge >= 0.3 is 5.97 Å². The van der Waals surface area contributed by atoms with Gasteiger partial charge in [-0.05, 0) is 57.9 Å². The minimum absolute atomic E-state index is 0.189. The van der Waals surface area contributed by atoms with Crippen LogP contribution < -0.4 is 10.2 Å². The number of halogens is 1. The number of aliphatic hydroxyl groups is 1. The normalized spacial score (nSPS) is 31.3. The average Bonchev–Trinajstić information content (AvgIpc) is 3.45. The number of ether oxygens (including phenoxy) is 2. The highest BCUT2D eigenvalue weighted by atomic mass is 79.9. The van der Waals surface area contributed by atoms with Crippen LogP contribution in [0.1, 0.15) is 40.5 Å². The quantitative estimate of drug-likeness (QED) is 0.331. The van der Waals surface area contributed by atoms with Gasteiger partial charge in [0.25, 0.3) is 0 Å². The van der Waals surface area contributed by atoms with Gasteiger partial charge in [-0.15, -0.1) is 0 Å². The van der Waals surface area contributed by atoms with E-state index >= 15 is 0 Å². The number of fused-ring (bicyclic) bond motifs is 1. The Morgan fingerprint density at radius 3 is 2.47 bits per heavy atom. The van der Waals surface area contributed by atoms with Crippen molar-refractivity contribution in [3.8, 4) is 0 Å². The Morgan fingerprint density at radius 2 is 1.92 bits per heavy atom. The number of carbonyl (C=O) groups is 3. The lowest BCUT2D eigenvalue weighted by Gasteiger charge is -2.36. The molecule has 198 valence electrons. The first kappa shape index (κ1) is 26.9. The molecule has 2 N–H and O–H groups in total. The molecule has 2 bridgehead atoms. The molecule has 1 aromatic rings. The van der Waals surface area contributed by atoms with Gasteiger partial charge in [0.05, 0.1) is 37.2 Å². The van der Waals surface area contributed by atoms with Gasteiger partial charge < -0.3 is 29.7 Å². The first-order valence-corrected chi connectivity index (χ1v) is 13.8. The molecule has 1 spiro atoms. The summed E-state index contributed by atoms with van der Waals surface area (Å²) >= 11 is 3.63. The van der Waals surface area contributed by atoms with Crippen molar-refractivity contribution >= 4 is 45.1 Å². The van der Waals surface area contributed by atoms with Crippen LogP contribution >= 0.6 is 15.9 Å². The number of anilines is 2. The molecule has 1 aromatic carbocycles. The van der Waals surface area contributed by atoms with E-state index in [4.69, 9.17) is 9.47 Å². The summed E-state index contributed by atoms with van der Waals surface area (Å²) in [4.78, 5) is 44.1. The molecule has 2 amide bonds. The average molecular weight is 566 g/mol. The molecular formula is C26H36BrN3O6. The highest BCUT2D eigenvalue weighted by Gasteiger charge is 2.77. The Morgan fingerprint density at radius 1 is 1.25 bits per heavy atom. The third kappa shape index (κ3) is 4.20. The van der Waals surface area contributed by atoms with Crippen LogP contribution in [0.3, 0.4) is 0 Å².